The average Bonchev–Trinajstić information content (AvgIpc) is 2.01. The molecule has 15 heavy (non-hydrogen) atoms. The summed E-state index contributed by atoms with van der Waals surface area (Å²) in [5, 5.41) is 2.86. The van der Waals surface area contributed by atoms with Crippen molar-refractivity contribution in [3.8, 4) is 0 Å². The van der Waals surface area contributed by atoms with Crippen LogP contribution in [0.4, 0.5) is 0 Å². The number of hydrogen-bond acceptors (Lipinski definition) is 2. The lowest BCUT2D eigenvalue weighted by Crippen LogP contribution is -2.36. The Hall–Kier alpha value is -0.860. The molecule has 0 aliphatic carbocycles. The van der Waals surface area contributed by atoms with E-state index in [0.29, 0.717) is 5.71 Å². The largest absolute Gasteiger partial charge is 0.349 e. The van der Waals surface area contributed by atoms with Gasteiger partial charge in [-0.05, 0) is 32.1 Å². The van der Waals surface area contributed by atoms with E-state index in [9.17, 15) is 4.79 Å². The van der Waals surface area contributed by atoms with Gasteiger partial charge in [-0.3, -0.25) is 9.79 Å². The lowest BCUT2D eigenvalue weighted by atomic mass is 9.89. The second-order valence-electron chi connectivity index (χ2n) is 5.36. The van der Waals surface area contributed by atoms with Gasteiger partial charge in [0.05, 0.1) is 5.71 Å². The standard InChI is InChI=1S/C12H24N2O/c1-9(2)14-11(15)10(13-6)7-8-12(3,4)5/h9H,7-8H2,1-6H3,(H,14,15). The van der Waals surface area contributed by atoms with Gasteiger partial charge in [-0.1, -0.05) is 20.8 Å². The van der Waals surface area contributed by atoms with Crippen LogP contribution in [0, 0.1) is 5.41 Å². The highest BCUT2D eigenvalue weighted by Gasteiger charge is 2.16. The van der Waals surface area contributed by atoms with Crippen LogP contribution in [0.1, 0.15) is 47.5 Å². The van der Waals surface area contributed by atoms with Crippen molar-refractivity contribution in [3.05, 3.63) is 0 Å². The number of nitrogens with one attached hydrogen (secondary N) is 1. The van der Waals surface area contributed by atoms with Crippen LogP contribution >= 0.6 is 0 Å². The number of hydrogen-bond donors (Lipinski definition) is 1. The van der Waals surface area contributed by atoms with E-state index in [2.05, 4.69) is 31.1 Å². The molecule has 0 aromatic carbocycles. The van der Waals surface area contributed by atoms with Crippen LogP contribution in [0.3, 0.4) is 0 Å². The SMILES string of the molecule is CN=C(CCC(C)(C)C)C(=O)NC(C)C. The second-order valence-corrected chi connectivity index (χ2v) is 5.36. The summed E-state index contributed by atoms with van der Waals surface area (Å²) < 4.78 is 0. The minimum atomic E-state index is -0.0308. The van der Waals surface area contributed by atoms with E-state index >= 15 is 0 Å². The van der Waals surface area contributed by atoms with Crippen molar-refractivity contribution in [2.45, 2.75) is 53.5 Å². The monoisotopic (exact) mass is 212 g/mol. The minimum Gasteiger partial charge on any atom is -0.349 e. The number of rotatable bonds is 4. The summed E-state index contributed by atoms with van der Waals surface area (Å²) in [6, 6.07) is 0.170. The predicted molar refractivity (Wildman–Crippen MR) is 65.3 cm³/mol. The Morgan fingerprint density at radius 1 is 1.33 bits per heavy atom. The van der Waals surface area contributed by atoms with Crippen molar-refractivity contribution >= 4 is 11.6 Å². The van der Waals surface area contributed by atoms with Crippen LogP contribution in [-0.4, -0.2) is 24.7 Å². The van der Waals surface area contributed by atoms with Crippen molar-refractivity contribution in [2.75, 3.05) is 7.05 Å². The third kappa shape index (κ3) is 7.11. The van der Waals surface area contributed by atoms with Gasteiger partial charge in [0.2, 0.25) is 0 Å². The van der Waals surface area contributed by atoms with Crippen molar-refractivity contribution in [1.82, 2.24) is 5.32 Å². The quantitative estimate of drug-likeness (QED) is 0.714. The maximum absolute atomic E-state index is 11.7. The fourth-order valence-corrected chi connectivity index (χ4v) is 1.17. The van der Waals surface area contributed by atoms with Gasteiger partial charge in [0.1, 0.15) is 0 Å². The molecule has 0 bridgehead atoms. The first-order chi connectivity index (χ1) is 6.76. The summed E-state index contributed by atoms with van der Waals surface area (Å²) in [5.74, 6) is -0.0308. The molecule has 0 rings (SSSR count). The average molecular weight is 212 g/mol. The van der Waals surface area contributed by atoms with Crippen LogP contribution in [0.5, 0.6) is 0 Å². The Morgan fingerprint density at radius 2 is 1.87 bits per heavy atom. The predicted octanol–water partition coefficient (Wildman–Crippen LogP) is 2.41. The van der Waals surface area contributed by atoms with Gasteiger partial charge < -0.3 is 5.32 Å². The molecule has 0 atom stereocenters. The summed E-state index contributed by atoms with van der Waals surface area (Å²) in [7, 11) is 1.68. The number of aliphatic imine (C=N–C) groups is 1. The fraction of sp³-hybridized carbons (Fsp3) is 0.833. The lowest BCUT2D eigenvalue weighted by Gasteiger charge is -2.18. The van der Waals surface area contributed by atoms with Crippen LogP contribution in [-0.2, 0) is 4.79 Å². The Bertz CT molecular complexity index is 236. The Balaban J connectivity index is 4.22. The van der Waals surface area contributed by atoms with Crippen molar-refractivity contribution in [2.24, 2.45) is 10.4 Å². The number of carbonyl (C=O) groups is 1. The third-order valence-electron chi connectivity index (χ3n) is 2.06. The van der Waals surface area contributed by atoms with Crippen LogP contribution in [0.15, 0.2) is 4.99 Å². The molecule has 0 fully saturated rings. The highest BCUT2D eigenvalue weighted by atomic mass is 16.1. The molecular formula is C12H24N2O. The molecule has 0 radical (unpaired) electrons. The van der Waals surface area contributed by atoms with E-state index in [4.69, 9.17) is 0 Å². The molecule has 1 N–H and O–H groups in total. The molecule has 0 aliphatic rings. The topological polar surface area (TPSA) is 41.5 Å². The molecule has 0 aliphatic heterocycles. The minimum absolute atomic E-state index is 0.0308. The van der Waals surface area contributed by atoms with Gasteiger partial charge in [-0.2, -0.15) is 0 Å². The van der Waals surface area contributed by atoms with Crippen molar-refractivity contribution in [1.29, 1.82) is 0 Å². The molecule has 0 aromatic heterocycles. The summed E-state index contributed by atoms with van der Waals surface area (Å²) in [6.07, 6.45) is 1.73. The van der Waals surface area contributed by atoms with E-state index in [-0.39, 0.29) is 17.4 Å². The van der Waals surface area contributed by atoms with Gasteiger partial charge in [0.15, 0.2) is 0 Å². The summed E-state index contributed by atoms with van der Waals surface area (Å²) in [4.78, 5) is 15.7. The smallest absolute Gasteiger partial charge is 0.265 e. The first-order valence-corrected chi connectivity index (χ1v) is 5.53. The Labute approximate surface area is 93.4 Å². The van der Waals surface area contributed by atoms with Crippen LogP contribution in [0.2, 0.25) is 0 Å². The fourth-order valence-electron chi connectivity index (χ4n) is 1.17. The number of carbonyl (C=O) groups excluding carboxylic acids is 1. The number of amides is 1. The summed E-state index contributed by atoms with van der Waals surface area (Å²) >= 11 is 0. The van der Waals surface area contributed by atoms with Gasteiger partial charge >= 0.3 is 0 Å². The normalized spacial score (nSPS) is 13.1. The third-order valence-corrected chi connectivity index (χ3v) is 2.06. The van der Waals surface area contributed by atoms with E-state index in [1.165, 1.54) is 0 Å². The molecule has 3 heteroatoms. The molecule has 1 amide bonds. The first kappa shape index (κ1) is 14.1. The molecular weight excluding hydrogens is 188 g/mol. The van der Waals surface area contributed by atoms with Gasteiger partial charge in [0, 0.05) is 13.1 Å². The van der Waals surface area contributed by atoms with E-state index in [1.54, 1.807) is 7.05 Å². The van der Waals surface area contributed by atoms with Crippen molar-refractivity contribution in [3.63, 3.8) is 0 Å². The number of nitrogens with zero attached hydrogens (tertiary/aromatic N) is 1. The molecule has 0 saturated carbocycles. The van der Waals surface area contributed by atoms with Crippen LogP contribution in [0.25, 0.3) is 0 Å². The Morgan fingerprint density at radius 3 is 2.20 bits per heavy atom. The van der Waals surface area contributed by atoms with Gasteiger partial charge in [0.25, 0.3) is 5.91 Å². The van der Waals surface area contributed by atoms with E-state index < -0.39 is 0 Å². The van der Waals surface area contributed by atoms with Gasteiger partial charge in [-0.25, -0.2) is 0 Å². The molecule has 0 unspecified atom stereocenters. The molecule has 88 valence electrons. The first-order valence-electron chi connectivity index (χ1n) is 5.53. The maximum Gasteiger partial charge on any atom is 0.265 e. The second kappa shape index (κ2) is 5.89. The highest BCUT2D eigenvalue weighted by Crippen LogP contribution is 2.20. The molecule has 0 aromatic rings. The Kier molecular flexibility index (Phi) is 5.55. The summed E-state index contributed by atoms with van der Waals surface area (Å²) in [5.41, 5.74) is 0.896. The summed E-state index contributed by atoms with van der Waals surface area (Å²) in [6.45, 7) is 10.4. The molecule has 0 heterocycles. The van der Waals surface area contributed by atoms with Crippen molar-refractivity contribution < 1.29 is 4.79 Å². The van der Waals surface area contributed by atoms with Gasteiger partial charge in [-0.15, -0.1) is 0 Å². The zero-order chi connectivity index (χ0) is 12.1. The molecule has 0 spiro atoms. The molecule has 3 nitrogen and oxygen atoms in total. The lowest BCUT2D eigenvalue weighted by molar-refractivity contribution is -0.115. The van der Waals surface area contributed by atoms with E-state index in [1.807, 2.05) is 13.8 Å². The zero-order valence-electron chi connectivity index (χ0n) is 10.8. The zero-order valence-corrected chi connectivity index (χ0v) is 10.8. The highest BCUT2D eigenvalue weighted by molar-refractivity contribution is 6.38. The van der Waals surface area contributed by atoms with E-state index in [0.717, 1.165) is 12.8 Å². The maximum atomic E-state index is 11.7. The van der Waals surface area contributed by atoms with Crippen LogP contribution < -0.4 is 5.32 Å². The molecule has 0 saturated heterocycles.